The Bertz CT molecular complexity index is 772. The van der Waals surface area contributed by atoms with Crippen molar-refractivity contribution in [2.75, 3.05) is 30.7 Å². The van der Waals surface area contributed by atoms with E-state index in [0.29, 0.717) is 0 Å². The van der Waals surface area contributed by atoms with Crippen molar-refractivity contribution in [1.29, 1.82) is 0 Å². The Morgan fingerprint density at radius 1 is 1.21 bits per heavy atom. The summed E-state index contributed by atoms with van der Waals surface area (Å²) in [7, 11) is -5.85. The normalized spacial score (nSPS) is 16.8. The van der Waals surface area contributed by atoms with Gasteiger partial charge in [-0.2, -0.15) is 0 Å². The summed E-state index contributed by atoms with van der Waals surface area (Å²) in [6.45, 7) is 3.05. The van der Waals surface area contributed by atoms with Crippen LogP contribution in [0.5, 0.6) is 5.75 Å². The first kappa shape index (κ1) is 19.0. The van der Waals surface area contributed by atoms with Gasteiger partial charge in [0.2, 0.25) is 20.0 Å². The summed E-state index contributed by atoms with van der Waals surface area (Å²) in [5.41, 5.74) is 0.259. The molecule has 10 heteroatoms. The van der Waals surface area contributed by atoms with Crippen LogP contribution in [0.4, 0.5) is 5.69 Å². The number of ether oxygens (including phenoxy) is 1. The Morgan fingerprint density at radius 2 is 1.88 bits per heavy atom. The number of nitrogens with one attached hydrogen (secondary N) is 3. The van der Waals surface area contributed by atoms with Crippen LogP contribution in [0.25, 0.3) is 0 Å². The second kappa shape index (κ2) is 7.68. The Morgan fingerprint density at radius 3 is 2.46 bits per heavy atom. The van der Waals surface area contributed by atoms with E-state index in [1.807, 2.05) is 0 Å². The minimum Gasteiger partial charge on any atom is -0.495 e. The first-order valence-electron chi connectivity index (χ1n) is 7.69. The molecule has 1 fully saturated rings. The van der Waals surface area contributed by atoms with Crippen molar-refractivity contribution in [2.24, 2.45) is 0 Å². The lowest BCUT2D eigenvalue weighted by Gasteiger charge is -2.24. The highest BCUT2D eigenvalue weighted by Crippen LogP contribution is 2.28. The Hall–Kier alpha value is -1.36. The van der Waals surface area contributed by atoms with Crippen LogP contribution in [0.15, 0.2) is 23.1 Å². The largest absolute Gasteiger partial charge is 0.495 e. The summed E-state index contributed by atoms with van der Waals surface area (Å²) >= 11 is 0. The number of rotatable bonds is 7. The lowest BCUT2D eigenvalue weighted by Crippen LogP contribution is -2.42. The van der Waals surface area contributed by atoms with Gasteiger partial charge in [-0.1, -0.05) is 0 Å². The molecule has 136 valence electrons. The zero-order valence-corrected chi connectivity index (χ0v) is 15.3. The number of hydrogen-bond acceptors (Lipinski definition) is 6. The van der Waals surface area contributed by atoms with Crippen LogP contribution in [0, 0.1) is 0 Å². The average Bonchev–Trinajstić information content (AvgIpc) is 2.54. The van der Waals surface area contributed by atoms with E-state index >= 15 is 0 Å². The third kappa shape index (κ3) is 4.82. The molecular formula is C14H23N3O5S2. The van der Waals surface area contributed by atoms with E-state index in [1.54, 1.807) is 0 Å². The lowest BCUT2D eigenvalue weighted by molar-refractivity contribution is 0.399. The number of methoxy groups -OCH3 is 1. The standard InChI is InChI=1S/C14H23N3O5S2/c1-3-23(18,19)16-12-4-5-14(13(10-12)22-2)24(20,21)17-11-6-8-15-9-7-11/h4-5,10-11,15-17H,3,6-9H2,1-2H3. The van der Waals surface area contributed by atoms with Crippen LogP contribution in [-0.2, 0) is 20.0 Å². The molecule has 0 aromatic heterocycles. The molecule has 0 spiro atoms. The van der Waals surface area contributed by atoms with Crippen LogP contribution >= 0.6 is 0 Å². The number of piperidine rings is 1. The fourth-order valence-corrected chi connectivity index (χ4v) is 4.51. The molecule has 1 aromatic rings. The molecule has 1 aliphatic rings. The topological polar surface area (TPSA) is 114 Å². The molecule has 1 saturated heterocycles. The van der Waals surface area contributed by atoms with E-state index in [1.165, 1.54) is 32.2 Å². The average molecular weight is 377 g/mol. The molecule has 0 bridgehead atoms. The van der Waals surface area contributed by atoms with Crippen molar-refractivity contribution in [3.8, 4) is 5.75 Å². The van der Waals surface area contributed by atoms with E-state index in [0.717, 1.165) is 25.9 Å². The molecule has 0 radical (unpaired) electrons. The van der Waals surface area contributed by atoms with Crippen molar-refractivity contribution in [1.82, 2.24) is 10.0 Å². The zero-order chi connectivity index (χ0) is 17.8. The molecule has 8 nitrogen and oxygen atoms in total. The third-order valence-corrected chi connectivity index (χ3v) is 6.63. The smallest absolute Gasteiger partial charge is 0.244 e. The number of benzene rings is 1. The minimum absolute atomic E-state index is 0.0111. The predicted molar refractivity (Wildman–Crippen MR) is 92.3 cm³/mol. The third-order valence-electron chi connectivity index (χ3n) is 3.77. The van der Waals surface area contributed by atoms with E-state index < -0.39 is 20.0 Å². The number of anilines is 1. The molecule has 1 heterocycles. The highest BCUT2D eigenvalue weighted by atomic mass is 32.2. The maximum Gasteiger partial charge on any atom is 0.244 e. The molecule has 24 heavy (non-hydrogen) atoms. The Labute approximate surface area is 143 Å². The highest BCUT2D eigenvalue weighted by molar-refractivity contribution is 7.92. The van der Waals surface area contributed by atoms with Gasteiger partial charge < -0.3 is 10.1 Å². The van der Waals surface area contributed by atoms with Gasteiger partial charge in [-0.25, -0.2) is 21.6 Å². The van der Waals surface area contributed by atoms with E-state index in [9.17, 15) is 16.8 Å². The van der Waals surface area contributed by atoms with Crippen molar-refractivity contribution in [3.63, 3.8) is 0 Å². The monoisotopic (exact) mass is 377 g/mol. The van der Waals surface area contributed by atoms with Gasteiger partial charge in [0.05, 0.1) is 18.6 Å². The van der Waals surface area contributed by atoms with E-state index in [2.05, 4.69) is 14.8 Å². The van der Waals surface area contributed by atoms with Crippen molar-refractivity contribution in [3.05, 3.63) is 18.2 Å². The van der Waals surface area contributed by atoms with Gasteiger partial charge in [0, 0.05) is 12.1 Å². The van der Waals surface area contributed by atoms with Crippen LogP contribution in [-0.4, -0.2) is 48.8 Å². The first-order valence-corrected chi connectivity index (χ1v) is 10.8. The highest BCUT2D eigenvalue weighted by Gasteiger charge is 2.25. The van der Waals surface area contributed by atoms with E-state index in [4.69, 9.17) is 4.74 Å². The SMILES string of the molecule is CCS(=O)(=O)Nc1ccc(S(=O)(=O)NC2CCNCC2)c(OC)c1. The fourth-order valence-electron chi connectivity index (χ4n) is 2.43. The summed E-state index contributed by atoms with van der Waals surface area (Å²) < 4.78 is 58.6. The van der Waals surface area contributed by atoms with Crippen LogP contribution < -0.4 is 19.5 Å². The van der Waals surface area contributed by atoms with Crippen LogP contribution in [0.1, 0.15) is 19.8 Å². The second-order valence-corrected chi connectivity index (χ2v) is 9.21. The summed E-state index contributed by atoms with van der Waals surface area (Å²) in [6.07, 6.45) is 1.44. The molecule has 1 aromatic carbocycles. The Balaban J connectivity index is 2.25. The lowest BCUT2D eigenvalue weighted by atomic mass is 10.1. The van der Waals surface area contributed by atoms with Crippen molar-refractivity contribution in [2.45, 2.75) is 30.7 Å². The molecule has 3 N–H and O–H groups in total. The molecule has 1 aliphatic heterocycles. The fraction of sp³-hybridized carbons (Fsp3) is 0.571. The van der Waals surface area contributed by atoms with Gasteiger partial charge in [-0.15, -0.1) is 0 Å². The summed E-state index contributed by atoms with van der Waals surface area (Å²) in [6, 6.07) is 3.99. The van der Waals surface area contributed by atoms with Crippen LogP contribution in [0.3, 0.4) is 0 Å². The molecule has 0 atom stereocenters. The first-order chi connectivity index (χ1) is 11.3. The predicted octanol–water partition coefficient (Wildman–Crippen LogP) is 0.487. The Kier molecular flexibility index (Phi) is 6.07. The maximum absolute atomic E-state index is 12.6. The molecule has 0 amide bonds. The van der Waals surface area contributed by atoms with Crippen LogP contribution in [0.2, 0.25) is 0 Å². The summed E-state index contributed by atoms with van der Waals surface area (Å²) in [4.78, 5) is -0.0111. The summed E-state index contributed by atoms with van der Waals surface area (Å²) in [5.74, 6) is 0.0137. The molecule has 0 unspecified atom stereocenters. The molecule has 2 rings (SSSR count). The van der Waals surface area contributed by atoms with Gasteiger partial charge >= 0.3 is 0 Å². The van der Waals surface area contributed by atoms with Gasteiger partial charge in [0.15, 0.2) is 0 Å². The maximum atomic E-state index is 12.6. The zero-order valence-electron chi connectivity index (χ0n) is 13.7. The van der Waals surface area contributed by atoms with Gasteiger partial charge in [0.1, 0.15) is 10.6 Å². The van der Waals surface area contributed by atoms with E-state index in [-0.39, 0.29) is 28.1 Å². The number of sulfonamides is 2. The minimum atomic E-state index is -3.75. The molecule has 0 aliphatic carbocycles. The van der Waals surface area contributed by atoms with Gasteiger partial charge in [0.25, 0.3) is 0 Å². The van der Waals surface area contributed by atoms with Crippen molar-refractivity contribution >= 4 is 25.7 Å². The van der Waals surface area contributed by atoms with Gasteiger partial charge in [-0.3, -0.25) is 4.72 Å². The number of hydrogen-bond donors (Lipinski definition) is 3. The van der Waals surface area contributed by atoms with Crippen molar-refractivity contribution < 1.29 is 21.6 Å². The second-order valence-electron chi connectivity index (χ2n) is 5.52. The quantitative estimate of drug-likeness (QED) is 0.637. The molecule has 0 saturated carbocycles. The van der Waals surface area contributed by atoms with Gasteiger partial charge in [-0.05, 0) is 45.0 Å². The summed E-state index contributed by atoms with van der Waals surface area (Å²) in [5, 5.41) is 3.17. The molecular weight excluding hydrogens is 354 g/mol.